The second-order valence-electron chi connectivity index (χ2n) is 4.28. The summed E-state index contributed by atoms with van der Waals surface area (Å²) in [5.74, 6) is -1.82. The average molecular weight is 304 g/mol. The number of carboxylic acids is 1. The Morgan fingerprint density at radius 3 is 2.60 bits per heavy atom. The molecule has 20 heavy (non-hydrogen) atoms. The number of nitrogens with one attached hydrogen (secondary N) is 1. The van der Waals surface area contributed by atoms with E-state index in [9.17, 15) is 18.0 Å². The van der Waals surface area contributed by atoms with Gasteiger partial charge in [-0.1, -0.05) is 0 Å². The highest BCUT2D eigenvalue weighted by Gasteiger charge is 2.25. The molecular formula is C10H16N4O5S. The lowest BCUT2D eigenvalue weighted by Gasteiger charge is -2.20. The van der Waals surface area contributed by atoms with Crippen molar-refractivity contribution in [1.29, 1.82) is 0 Å². The summed E-state index contributed by atoms with van der Waals surface area (Å²) in [6.07, 6.45) is 2.45. The number of aryl methyl sites for hydroxylation is 1. The van der Waals surface area contributed by atoms with Gasteiger partial charge in [-0.05, 0) is 6.92 Å². The van der Waals surface area contributed by atoms with Gasteiger partial charge in [0.05, 0.1) is 12.2 Å². The Morgan fingerprint density at radius 1 is 1.55 bits per heavy atom. The van der Waals surface area contributed by atoms with Crippen molar-refractivity contribution in [1.82, 2.24) is 19.4 Å². The lowest BCUT2D eigenvalue weighted by Crippen LogP contribution is -2.46. The van der Waals surface area contributed by atoms with E-state index in [1.54, 1.807) is 7.05 Å². The zero-order chi connectivity index (χ0) is 15.5. The summed E-state index contributed by atoms with van der Waals surface area (Å²) in [4.78, 5) is 23.2. The molecule has 1 aromatic heterocycles. The minimum Gasteiger partial charge on any atom is -0.480 e. The van der Waals surface area contributed by atoms with Crippen molar-refractivity contribution in [3.05, 3.63) is 12.4 Å². The molecule has 1 unspecified atom stereocenters. The van der Waals surface area contributed by atoms with Crippen LogP contribution in [-0.4, -0.2) is 59.7 Å². The van der Waals surface area contributed by atoms with Crippen LogP contribution in [0.4, 0.5) is 0 Å². The second-order valence-corrected chi connectivity index (χ2v) is 5.99. The van der Waals surface area contributed by atoms with Crippen LogP contribution in [0.25, 0.3) is 0 Å². The number of aromatic nitrogens is 2. The summed E-state index contributed by atoms with van der Waals surface area (Å²) in [6, 6.07) is -1.08. The van der Waals surface area contributed by atoms with Gasteiger partial charge in [0.15, 0.2) is 0 Å². The van der Waals surface area contributed by atoms with Crippen molar-refractivity contribution in [2.24, 2.45) is 7.05 Å². The molecule has 0 aliphatic rings. The van der Waals surface area contributed by atoms with E-state index >= 15 is 0 Å². The predicted octanol–water partition coefficient (Wildman–Crippen LogP) is -1.37. The number of hydrogen-bond acceptors (Lipinski definition) is 5. The highest BCUT2D eigenvalue weighted by molar-refractivity contribution is 7.89. The van der Waals surface area contributed by atoms with Crippen LogP contribution < -0.4 is 4.72 Å². The van der Waals surface area contributed by atoms with Crippen LogP contribution in [0.15, 0.2) is 17.3 Å². The lowest BCUT2D eigenvalue weighted by atomic mass is 10.3. The third-order valence-electron chi connectivity index (χ3n) is 2.44. The fourth-order valence-corrected chi connectivity index (χ4v) is 2.68. The number of carboxylic acid groups (broad SMARTS) is 1. The number of nitrogens with zero attached hydrogens (tertiary/aromatic N) is 3. The van der Waals surface area contributed by atoms with Crippen molar-refractivity contribution in [2.75, 3.05) is 13.6 Å². The van der Waals surface area contributed by atoms with Gasteiger partial charge in [0, 0.05) is 20.3 Å². The van der Waals surface area contributed by atoms with Crippen molar-refractivity contribution in [3.8, 4) is 0 Å². The van der Waals surface area contributed by atoms with Gasteiger partial charge in [-0.25, -0.2) is 8.42 Å². The molecule has 1 aromatic rings. The van der Waals surface area contributed by atoms with Gasteiger partial charge in [0.1, 0.15) is 11.4 Å². The van der Waals surface area contributed by atoms with Gasteiger partial charge < -0.3 is 10.0 Å². The molecule has 112 valence electrons. The Labute approximate surface area is 116 Å². The van der Waals surface area contributed by atoms with E-state index in [1.165, 1.54) is 24.9 Å². The number of sulfonamides is 1. The molecule has 0 spiro atoms. The van der Waals surface area contributed by atoms with Gasteiger partial charge in [-0.2, -0.15) is 9.82 Å². The van der Waals surface area contributed by atoms with Crippen molar-refractivity contribution >= 4 is 21.9 Å². The summed E-state index contributed by atoms with van der Waals surface area (Å²) in [5, 5.41) is 12.3. The Kier molecular flexibility index (Phi) is 4.84. The van der Waals surface area contributed by atoms with Gasteiger partial charge >= 0.3 is 5.97 Å². The number of likely N-dealkylation sites (N-methyl/N-ethyl adjacent to an activating group) is 1. The number of amides is 1. The minimum absolute atomic E-state index is 0.0689. The molecule has 0 radical (unpaired) electrons. The molecule has 2 N–H and O–H groups in total. The fourth-order valence-electron chi connectivity index (χ4n) is 1.50. The van der Waals surface area contributed by atoms with Crippen LogP contribution in [0, 0.1) is 0 Å². The zero-order valence-corrected chi connectivity index (χ0v) is 12.1. The topological polar surface area (TPSA) is 122 Å². The van der Waals surface area contributed by atoms with Gasteiger partial charge in [0.2, 0.25) is 15.9 Å². The molecule has 0 bridgehead atoms. The summed E-state index contributed by atoms with van der Waals surface area (Å²) < 4.78 is 27.4. The molecule has 0 saturated carbocycles. The first-order chi connectivity index (χ1) is 9.13. The van der Waals surface area contributed by atoms with E-state index in [-0.39, 0.29) is 4.90 Å². The highest BCUT2D eigenvalue weighted by Crippen LogP contribution is 2.07. The summed E-state index contributed by atoms with van der Waals surface area (Å²) in [6.45, 7) is 0.840. The Balaban J connectivity index is 2.77. The average Bonchev–Trinajstić information content (AvgIpc) is 2.74. The monoisotopic (exact) mass is 304 g/mol. The second kappa shape index (κ2) is 6.01. The number of aliphatic carboxylic acids is 1. The third kappa shape index (κ3) is 4.03. The minimum atomic E-state index is -3.87. The van der Waals surface area contributed by atoms with Crippen molar-refractivity contribution < 1.29 is 23.1 Å². The molecule has 1 heterocycles. The molecule has 1 rings (SSSR count). The third-order valence-corrected chi connectivity index (χ3v) is 3.94. The van der Waals surface area contributed by atoms with Crippen molar-refractivity contribution in [2.45, 2.75) is 17.9 Å². The standard InChI is InChI=1S/C10H16N4O5S/c1-7(10(17)13(2)6-9(15)16)12-20(18,19)8-4-11-14(3)5-8/h4-5,7,12H,6H2,1-3H3,(H,15,16). The Hall–Kier alpha value is -1.94. The number of carbonyl (C=O) groups excluding carboxylic acids is 1. The van der Waals surface area contributed by atoms with Crippen LogP contribution in [0.3, 0.4) is 0 Å². The van der Waals surface area contributed by atoms with Crippen LogP contribution in [0.1, 0.15) is 6.92 Å². The molecule has 0 aliphatic heterocycles. The first-order valence-corrected chi connectivity index (χ1v) is 7.09. The summed E-state index contributed by atoms with van der Waals surface area (Å²) >= 11 is 0. The lowest BCUT2D eigenvalue weighted by molar-refractivity contribution is -0.143. The van der Waals surface area contributed by atoms with E-state index in [0.717, 1.165) is 11.1 Å². The number of hydrogen-bond donors (Lipinski definition) is 2. The largest absolute Gasteiger partial charge is 0.480 e. The maximum absolute atomic E-state index is 12.0. The fraction of sp³-hybridized carbons (Fsp3) is 0.500. The first kappa shape index (κ1) is 16.1. The molecule has 0 aromatic carbocycles. The molecule has 0 aliphatic carbocycles. The quantitative estimate of drug-likeness (QED) is 0.668. The number of rotatable bonds is 6. The van der Waals surface area contributed by atoms with Crippen LogP contribution in [-0.2, 0) is 26.7 Å². The van der Waals surface area contributed by atoms with Crippen molar-refractivity contribution in [3.63, 3.8) is 0 Å². The van der Waals surface area contributed by atoms with E-state index in [2.05, 4.69) is 9.82 Å². The van der Waals surface area contributed by atoms with Gasteiger partial charge in [0.25, 0.3) is 0 Å². The molecule has 0 fully saturated rings. The SMILES string of the molecule is CC(NS(=O)(=O)c1cnn(C)c1)C(=O)N(C)CC(=O)O. The molecule has 0 saturated heterocycles. The van der Waals surface area contributed by atoms with E-state index in [4.69, 9.17) is 5.11 Å². The first-order valence-electron chi connectivity index (χ1n) is 5.61. The van der Waals surface area contributed by atoms with Crippen LogP contribution in [0.5, 0.6) is 0 Å². The van der Waals surface area contributed by atoms with Gasteiger partial charge in [-0.3, -0.25) is 14.3 Å². The van der Waals surface area contributed by atoms with Crippen LogP contribution >= 0.6 is 0 Å². The summed E-state index contributed by atoms with van der Waals surface area (Å²) in [7, 11) is -1.03. The smallest absolute Gasteiger partial charge is 0.323 e. The Bertz CT molecular complexity index is 609. The predicted molar refractivity (Wildman–Crippen MR) is 68.3 cm³/mol. The van der Waals surface area contributed by atoms with Crippen LogP contribution in [0.2, 0.25) is 0 Å². The molecule has 1 atom stereocenters. The highest BCUT2D eigenvalue weighted by atomic mass is 32.2. The Morgan fingerprint density at radius 2 is 2.15 bits per heavy atom. The zero-order valence-electron chi connectivity index (χ0n) is 11.3. The molecule has 1 amide bonds. The van der Waals surface area contributed by atoms with Gasteiger partial charge in [-0.15, -0.1) is 0 Å². The van der Waals surface area contributed by atoms with E-state index in [1.807, 2.05) is 0 Å². The molecular weight excluding hydrogens is 288 g/mol. The molecule has 10 heteroatoms. The maximum Gasteiger partial charge on any atom is 0.323 e. The van der Waals surface area contributed by atoms with E-state index in [0.29, 0.717) is 0 Å². The number of carbonyl (C=O) groups is 2. The maximum atomic E-state index is 12.0. The normalized spacial score (nSPS) is 12.9. The van der Waals surface area contributed by atoms with E-state index < -0.39 is 34.5 Å². The molecule has 9 nitrogen and oxygen atoms in total. The summed E-state index contributed by atoms with van der Waals surface area (Å²) in [5.41, 5.74) is 0.